The average Bonchev–Trinajstić information content (AvgIpc) is 2.66. The van der Waals surface area contributed by atoms with Gasteiger partial charge in [-0.05, 0) is 33.6 Å². The number of hydrogen-bond donors (Lipinski definition) is 0. The highest BCUT2D eigenvalue weighted by Gasteiger charge is 2.51. The monoisotopic (exact) mass is 180 g/mol. The summed E-state index contributed by atoms with van der Waals surface area (Å²) in [7, 11) is 0. The SMILES string of the molecule is C#CCC1(C(=O)OC(C)(C)C)CC1. The topological polar surface area (TPSA) is 26.3 Å². The molecule has 1 aliphatic carbocycles. The van der Waals surface area contributed by atoms with Crippen LogP contribution in [0.25, 0.3) is 0 Å². The first-order valence-corrected chi connectivity index (χ1v) is 4.57. The lowest BCUT2D eigenvalue weighted by molar-refractivity contribution is -0.161. The number of hydrogen-bond acceptors (Lipinski definition) is 2. The van der Waals surface area contributed by atoms with E-state index in [1.807, 2.05) is 20.8 Å². The van der Waals surface area contributed by atoms with Crippen molar-refractivity contribution in [3.05, 3.63) is 0 Å². The Kier molecular flexibility index (Phi) is 2.38. The molecule has 0 aromatic carbocycles. The van der Waals surface area contributed by atoms with E-state index in [0.29, 0.717) is 6.42 Å². The fraction of sp³-hybridized carbons (Fsp3) is 0.727. The first-order chi connectivity index (χ1) is 5.90. The Hall–Kier alpha value is -0.970. The second-order valence-corrected chi connectivity index (χ2v) is 4.66. The second kappa shape index (κ2) is 3.06. The van der Waals surface area contributed by atoms with E-state index in [1.165, 1.54) is 0 Å². The number of ether oxygens (including phenoxy) is 1. The lowest BCUT2D eigenvalue weighted by atomic mass is 10.0. The molecule has 0 aromatic rings. The molecule has 1 fully saturated rings. The van der Waals surface area contributed by atoms with Crippen LogP contribution < -0.4 is 0 Å². The van der Waals surface area contributed by atoms with Gasteiger partial charge in [0.1, 0.15) is 5.60 Å². The zero-order valence-electron chi connectivity index (χ0n) is 8.52. The van der Waals surface area contributed by atoms with Gasteiger partial charge in [0.05, 0.1) is 5.41 Å². The molecule has 72 valence electrons. The van der Waals surface area contributed by atoms with Gasteiger partial charge in [-0.2, -0.15) is 0 Å². The summed E-state index contributed by atoms with van der Waals surface area (Å²) in [6, 6.07) is 0. The molecule has 0 heterocycles. The molecular formula is C11H16O2. The van der Waals surface area contributed by atoms with Crippen molar-refractivity contribution in [3.63, 3.8) is 0 Å². The van der Waals surface area contributed by atoms with E-state index in [4.69, 9.17) is 11.2 Å². The first-order valence-electron chi connectivity index (χ1n) is 4.57. The second-order valence-electron chi connectivity index (χ2n) is 4.66. The molecule has 0 saturated heterocycles. The molecule has 0 N–H and O–H groups in total. The highest BCUT2D eigenvalue weighted by Crippen LogP contribution is 2.50. The Morgan fingerprint density at radius 2 is 2.08 bits per heavy atom. The average molecular weight is 180 g/mol. The highest BCUT2D eigenvalue weighted by molar-refractivity contribution is 5.80. The third kappa shape index (κ3) is 2.48. The Morgan fingerprint density at radius 3 is 2.38 bits per heavy atom. The van der Waals surface area contributed by atoms with Crippen molar-refractivity contribution in [3.8, 4) is 12.3 Å². The summed E-state index contributed by atoms with van der Waals surface area (Å²) in [4.78, 5) is 11.6. The highest BCUT2D eigenvalue weighted by atomic mass is 16.6. The molecule has 2 nitrogen and oxygen atoms in total. The van der Waals surface area contributed by atoms with Gasteiger partial charge in [0.25, 0.3) is 0 Å². The quantitative estimate of drug-likeness (QED) is 0.480. The molecule has 13 heavy (non-hydrogen) atoms. The smallest absolute Gasteiger partial charge is 0.313 e. The van der Waals surface area contributed by atoms with Crippen LogP contribution in [0.4, 0.5) is 0 Å². The van der Waals surface area contributed by atoms with Crippen LogP contribution in [0.1, 0.15) is 40.0 Å². The van der Waals surface area contributed by atoms with Crippen molar-refractivity contribution in [2.45, 2.75) is 45.6 Å². The largest absolute Gasteiger partial charge is 0.460 e. The fourth-order valence-electron chi connectivity index (χ4n) is 1.19. The summed E-state index contributed by atoms with van der Waals surface area (Å²) < 4.78 is 5.28. The number of carbonyl (C=O) groups is 1. The van der Waals surface area contributed by atoms with Crippen molar-refractivity contribution in [1.29, 1.82) is 0 Å². The number of carbonyl (C=O) groups excluding carboxylic acids is 1. The van der Waals surface area contributed by atoms with E-state index in [0.717, 1.165) is 12.8 Å². The van der Waals surface area contributed by atoms with E-state index in [1.54, 1.807) is 0 Å². The normalized spacial score (nSPS) is 18.9. The molecule has 0 spiro atoms. The van der Waals surface area contributed by atoms with Crippen molar-refractivity contribution >= 4 is 5.97 Å². The lowest BCUT2D eigenvalue weighted by Gasteiger charge is -2.22. The van der Waals surface area contributed by atoms with Gasteiger partial charge in [-0.25, -0.2) is 0 Å². The first kappa shape index (κ1) is 10.1. The molecule has 0 atom stereocenters. The third-order valence-electron chi connectivity index (χ3n) is 2.13. The fourth-order valence-corrected chi connectivity index (χ4v) is 1.19. The van der Waals surface area contributed by atoms with Crippen LogP contribution in [-0.2, 0) is 9.53 Å². The molecule has 1 saturated carbocycles. The summed E-state index contributed by atoms with van der Waals surface area (Å²) in [6.45, 7) is 5.62. The minimum absolute atomic E-state index is 0.127. The van der Waals surface area contributed by atoms with Crippen LogP contribution >= 0.6 is 0 Å². The molecule has 0 amide bonds. The molecular weight excluding hydrogens is 164 g/mol. The van der Waals surface area contributed by atoms with Crippen molar-refractivity contribution in [1.82, 2.24) is 0 Å². The van der Waals surface area contributed by atoms with Crippen LogP contribution in [0.5, 0.6) is 0 Å². The van der Waals surface area contributed by atoms with Crippen LogP contribution in [0.2, 0.25) is 0 Å². The van der Waals surface area contributed by atoms with Gasteiger partial charge in [0, 0.05) is 6.42 Å². The maximum Gasteiger partial charge on any atom is 0.313 e. The van der Waals surface area contributed by atoms with Crippen molar-refractivity contribution in [2.75, 3.05) is 0 Å². The molecule has 0 aliphatic heterocycles. The van der Waals surface area contributed by atoms with Gasteiger partial charge in [0.2, 0.25) is 0 Å². The van der Waals surface area contributed by atoms with E-state index in [2.05, 4.69) is 5.92 Å². The Labute approximate surface area is 79.7 Å². The maximum absolute atomic E-state index is 11.6. The molecule has 0 aromatic heterocycles. The Morgan fingerprint density at radius 1 is 1.54 bits per heavy atom. The molecule has 0 bridgehead atoms. The Balaban J connectivity index is 2.54. The van der Waals surface area contributed by atoms with E-state index in [9.17, 15) is 4.79 Å². The minimum Gasteiger partial charge on any atom is -0.460 e. The van der Waals surface area contributed by atoms with Crippen LogP contribution in [0.3, 0.4) is 0 Å². The van der Waals surface area contributed by atoms with E-state index in [-0.39, 0.29) is 11.4 Å². The van der Waals surface area contributed by atoms with Gasteiger partial charge in [0.15, 0.2) is 0 Å². The van der Waals surface area contributed by atoms with Gasteiger partial charge in [-0.1, -0.05) is 0 Å². The van der Waals surface area contributed by atoms with Crippen LogP contribution in [-0.4, -0.2) is 11.6 Å². The molecule has 0 unspecified atom stereocenters. The lowest BCUT2D eigenvalue weighted by Crippen LogP contribution is -2.29. The predicted molar refractivity (Wildman–Crippen MR) is 51.0 cm³/mol. The maximum atomic E-state index is 11.6. The van der Waals surface area contributed by atoms with Gasteiger partial charge >= 0.3 is 5.97 Å². The Bertz CT molecular complexity index is 248. The van der Waals surface area contributed by atoms with Crippen LogP contribution in [0, 0.1) is 17.8 Å². The van der Waals surface area contributed by atoms with Crippen molar-refractivity contribution in [2.24, 2.45) is 5.41 Å². The molecule has 2 heteroatoms. The summed E-state index contributed by atoms with van der Waals surface area (Å²) in [5.41, 5.74) is -0.733. The summed E-state index contributed by atoms with van der Waals surface area (Å²) in [5.74, 6) is 2.41. The summed E-state index contributed by atoms with van der Waals surface area (Å²) >= 11 is 0. The molecule has 0 radical (unpaired) electrons. The minimum atomic E-state index is -0.402. The van der Waals surface area contributed by atoms with Gasteiger partial charge in [-0.15, -0.1) is 12.3 Å². The molecule has 1 rings (SSSR count). The molecule has 1 aliphatic rings. The van der Waals surface area contributed by atoms with Crippen LogP contribution in [0.15, 0.2) is 0 Å². The third-order valence-corrected chi connectivity index (χ3v) is 2.13. The summed E-state index contributed by atoms with van der Waals surface area (Å²) in [6.07, 6.45) is 7.48. The number of rotatable bonds is 2. The van der Waals surface area contributed by atoms with E-state index >= 15 is 0 Å². The number of terminal acetylenes is 1. The standard InChI is InChI=1S/C11H16O2/c1-5-6-11(7-8-11)9(12)13-10(2,3)4/h1H,6-8H2,2-4H3. The van der Waals surface area contributed by atoms with E-state index < -0.39 is 5.60 Å². The number of esters is 1. The van der Waals surface area contributed by atoms with Crippen molar-refractivity contribution < 1.29 is 9.53 Å². The zero-order valence-corrected chi connectivity index (χ0v) is 8.52. The van der Waals surface area contributed by atoms with Gasteiger partial charge < -0.3 is 4.74 Å². The predicted octanol–water partition coefficient (Wildman–Crippen LogP) is 2.13. The zero-order chi connectivity index (χ0) is 10.1. The van der Waals surface area contributed by atoms with Gasteiger partial charge in [-0.3, -0.25) is 4.79 Å². The summed E-state index contributed by atoms with van der Waals surface area (Å²) in [5, 5.41) is 0.